The minimum absolute atomic E-state index is 0.472. The largest absolute Gasteiger partial charge is 0.256 e. The quantitative estimate of drug-likeness (QED) is 0.115. The van der Waals surface area contributed by atoms with Gasteiger partial charge in [0.2, 0.25) is 0 Å². The maximum atomic E-state index is 11.1. The summed E-state index contributed by atoms with van der Waals surface area (Å²) in [4.78, 5) is 14.0. The van der Waals surface area contributed by atoms with Crippen molar-refractivity contribution in [1.82, 2.24) is 15.0 Å². The molecule has 0 radical (unpaired) electrons. The second kappa shape index (κ2) is 18.9. The summed E-state index contributed by atoms with van der Waals surface area (Å²) in [5, 5.41) is 7.55. The van der Waals surface area contributed by atoms with Crippen LogP contribution >= 0.6 is 0 Å². The van der Waals surface area contributed by atoms with Crippen LogP contribution in [-0.2, 0) is 0 Å². The van der Waals surface area contributed by atoms with E-state index < -0.39 is 0 Å². The van der Waals surface area contributed by atoms with Gasteiger partial charge in [0.25, 0.3) is 0 Å². The van der Waals surface area contributed by atoms with Crippen LogP contribution in [0, 0.1) is 0 Å². The molecule has 0 bridgehead atoms. The van der Waals surface area contributed by atoms with Crippen molar-refractivity contribution < 1.29 is 4.39 Å². The third-order valence-corrected chi connectivity index (χ3v) is 9.72. The lowest BCUT2D eigenvalue weighted by Crippen LogP contribution is -1.92. The zero-order valence-corrected chi connectivity index (χ0v) is 32.3. The molecule has 3 aromatic heterocycles. The molecule has 9 aromatic rings. The van der Waals surface area contributed by atoms with Crippen molar-refractivity contribution in [2.75, 3.05) is 0 Å². The topological polar surface area (TPSA) is 38.7 Å². The van der Waals surface area contributed by atoms with Crippen molar-refractivity contribution in [3.8, 4) is 56.0 Å². The maximum Gasteiger partial charge on any atom is 0.0866 e. The van der Waals surface area contributed by atoms with Crippen LogP contribution in [0.2, 0.25) is 0 Å². The average molecular weight is 752 g/mol. The van der Waals surface area contributed by atoms with Crippen molar-refractivity contribution in [3.05, 3.63) is 226 Å². The van der Waals surface area contributed by atoms with Crippen LogP contribution in [0.25, 0.3) is 88.3 Å². The fourth-order valence-electron chi connectivity index (χ4n) is 7.15. The van der Waals surface area contributed by atoms with E-state index in [1.54, 1.807) is 24.3 Å². The summed E-state index contributed by atoms with van der Waals surface area (Å²) in [6, 6.07) is 51.7. The highest BCUT2D eigenvalue weighted by molar-refractivity contribution is 6.27. The smallest absolute Gasteiger partial charge is 0.0866 e. The third kappa shape index (κ3) is 8.62. The highest BCUT2D eigenvalue weighted by Crippen LogP contribution is 2.43. The van der Waals surface area contributed by atoms with E-state index >= 15 is 0 Å². The van der Waals surface area contributed by atoms with Crippen LogP contribution in [0.3, 0.4) is 0 Å². The summed E-state index contributed by atoms with van der Waals surface area (Å²) < 4.78 is 11.1. The summed E-state index contributed by atoms with van der Waals surface area (Å²) in [7, 11) is 0. The summed E-state index contributed by atoms with van der Waals surface area (Å²) >= 11 is 0. The summed E-state index contributed by atoms with van der Waals surface area (Å²) in [6.07, 6.45) is 17.7. The van der Waals surface area contributed by atoms with E-state index in [0.29, 0.717) is 6.33 Å². The number of allylic oxidation sites excluding steroid dienone is 7. The van der Waals surface area contributed by atoms with Gasteiger partial charge in [0.05, 0.1) is 23.4 Å². The second-order valence-electron chi connectivity index (χ2n) is 13.4. The van der Waals surface area contributed by atoms with Gasteiger partial charge in [-0.2, -0.15) is 0 Å². The molecule has 0 saturated heterocycles. The first-order valence-corrected chi connectivity index (χ1v) is 19.1. The molecular formula is C54H42FN3. The first-order chi connectivity index (χ1) is 28.6. The van der Waals surface area contributed by atoms with E-state index in [2.05, 4.69) is 137 Å². The predicted octanol–water partition coefficient (Wildman–Crippen LogP) is 15.1. The second-order valence-corrected chi connectivity index (χ2v) is 13.4. The molecule has 58 heavy (non-hydrogen) atoms. The normalized spacial score (nSPS) is 11.2. The zero-order chi connectivity index (χ0) is 40.1. The van der Waals surface area contributed by atoms with Gasteiger partial charge < -0.3 is 0 Å². The highest BCUT2D eigenvalue weighted by atomic mass is 19.1. The number of pyridine rings is 3. The number of halogens is 1. The van der Waals surface area contributed by atoms with Gasteiger partial charge in [-0.15, -0.1) is 0 Å². The van der Waals surface area contributed by atoms with Crippen molar-refractivity contribution in [2.24, 2.45) is 0 Å². The number of rotatable bonds is 8. The molecule has 0 aliphatic carbocycles. The predicted molar refractivity (Wildman–Crippen MR) is 245 cm³/mol. The van der Waals surface area contributed by atoms with Gasteiger partial charge in [-0.05, 0) is 128 Å². The number of aromatic nitrogens is 3. The molecule has 0 amide bonds. The third-order valence-electron chi connectivity index (χ3n) is 9.72. The lowest BCUT2D eigenvalue weighted by molar-refractivity contribution is 0.721. The van der Waals surface area contributed by atoms with Crippen LogP contribution < -0.4 is 0 Å². The molecule has 0 saturated carbocycles. The Morgan fingerprint density at radius 3 is 1.36 bits per heavy atom. The van der Waals surface area contributed by atoms with Gasteiger partial charge in [0, 0.05) is 35.3 Å². The molecule has 9 rings (SSSR count). The first kappa shape index (κ1) is 38.7. The average Bonchev–Trinajstić information content (AvgIpc) is 3.30. The summed E-state index contributed by atoms with van der Waals surface area (Å²) in [5.41, 5.74) is 10.9. The van der Waals surface area contributed by atoms with Crippen LogP contribution in [0.5, 0.6) is 0 Å². The van der Waals surface area contributed by atoms with Crippen LogP contribution in [-0.4, -0.2) is 15.0 Å². The molecule has 3 nitrogen and oxygen atoms in total. The first-order valence-electron chi connectivity index (χ1n) is 19.1. The number of benzene rings is 6. The van der Waals surface area contributed by atoms with Crippen LogP contribution in [0.1, 0.15) is 6.92 Å². The molecule has 280 valence electrons. The molecule has 0 aliphatic heterocycles. The van der Waals surface area contributed by atoms with E-state index in [-0.39, 0.29) is 0 Å². The van der Waals surface area contributed by atoms with Crippen LogP contribution in [0.4, 0.5) is 4.39 Å². The monoisotopic (exact) mass is 751 g/mol. The Bertz CT molecular complexity index is 2820. The Balaban J connectivity index is 0.000000375. The standard InChI is InChI=1S/C43H27N3.C6H7F.C5H8/c1-4-21-44-39(10-1)31-9-7-8-30(24-31)35-17-13-28-16-20-38-36(18-14-29-15-19-37(35)42(28)43(29)38)32-25-33(40-11-2-5-22-45-40)27-34(26-32)41-12-3-6-23-46-41;1-2-3-4-5-6-7;1-3-5-4-2/h1-27H;2-6H,1H2;3-5H,1H2,2H3/b;4-3-,6-5-;5-4-. The van der Waals surface area contributed by atoms with E-state index in [4.69, 9.17) is 0 Å². The van der Waals surface area contributed by atoms with E-state index in [1.807, 2.05) is 74.1 Å². The molecule has 6 aromatic carbocycles. The molecule has 0 N–H and O–H groups in total. The van der Waals surface area contributed by atoms with Crippen molar-refractivity contribution in [1.29, 1.82) is 0 Å². The Labute approximate surface area is 339 Å². The Morgan fingerprint density at radius 1 is 0.431 bits per heavy atom. The fourth-order valence-corrected chi connectivity index (χ4v) is 7.15. The highest BCUT2D eigenvalue weighted by Gasteiger charge is 2.17. The van der Waals surface area contributed by atoms with Gasteiger partial charge >= 0.3 is 0 Å². The SMILES string of the molecule is C=C/C=C\C.C=C/C=C\C=C/F.c1ccc(-c2cccc(-c3ccc4ccc5c(-c6cc(-c7ccccn7)cc(-c7ccccn7)c6)ccc6ccc3c4c65)c2)nc1. The number of hydrogen-bond donors (Lipinski definition) is 0. The zero-order valence-electron chi connectivity index (χ0n) is 32.3. The molecular weight excluding hydrogens is 710 g/mol. The molecule has 0 spiro atoms. The van der Waals surface area contributed by atoms with Crippen LogP contribution in [0.15, 0.2) is 226 Å². The minimum atomic E-state index is 0.472. The fraction of sp³-hybridized carbons (Fsp3) is 0.0185. The summed E-state index contributed by atoms with van der Waals surface area (Å²) in [5.74, 6) is 0. The Morgan fingerprint density at radius 2 is 0.897 bits per heavy atom. The molecule has 4 heteroatoms. The summed E-state index contributed by atoms with van der Waals surface area (Å²) in [6.45, 7) is 8.81. The lowest BCUT2D eigenvalue weighted by Gasteiger charge is -2.17. The van der Waals surface area contributed by atoms with Gasteiger partial charge in [-0.25, -0.2) is 4.39 Å². The van der Waals surface area contributed by atoms with Gasteiger partial charge in [-0.3, -0.25) is 15.0 Å². The Hall–Kier alpha value is -7.56. The molecule has 0 atom stereocenters. The van der Waals surface area contributed by atoms with Crippen molar-refractivity contribution in [2.45, 2.75) is 6.92 Å². The lowest BCUT2D eigenvalue weighted by atomic mass is 9.86. The van der Waals surface area contributed by atoms with E-state index in [1.165, 1.54) is 55.1 Å². The van der Waals surface area contributed by atoms with Gasteiger partial charge in [0.15, 0.2) is 0 Å². The van der Waals surface area contributed by atoms with E-state index in [9.17, 15) is 4.39 Å². The van der Waals surface area contributed by atoms with Crippen molar-refractivity contribution >= 4 is 32.3 Å². The maximum absolute atomic E-state index is 11.1. The minimum Gasteiger partial charge on any atom is -0.256 e. The molecule has 3 heterocycles. The molecule has 0 aliphatic rings. The Kier molecular flexibility index (Phi) is 12.6. The van der Waals surface area contributed by atoms with E-state index in [0.717, 1.165) is 39.3 Å². The molecule has 0 fully saturated rings. The number of nitrogens with zero attached hydrogens (tertiary/aromatic N) is 3. The van der Waals surface area contributed by atoms with Gasteiger partial charge in [-0.1, -0.05) is 135 Å². The number of hydrogen-bond acceptors (Lipinski definition) is 3. The molecule has 0 unspecified atom stereocenters. The van der Waals surface area contributed by atoms with Crippen molar-refractivity contribution in [3.63, 3.8) is 0 Å². The van der Waals surface area contributed by atoms with Gasteiger partial charge in [0.1, 0.15) is 0 Å².